The van der Waals surface area contributed by atoms with E-state index in [1.807, 2.05) is 115 Å². The third-order valence-electron chi connectivity index (χ3n) is 9.24. The Morgan fingerprint density at radius 2 is 0.804 bits per heavy atom. The summed E-state index contributed by atoms with van der Waals surface area (Å²) in [5.41, 5.74) is 5.38. The molecule has 0 atom stereocenters. The van der Waals surface area contributed by atoms with Crippen LogP contribution in [0.3, 0.4) is 0 Å². The van der Waals surface area contributed by atoms with Gasteiger partial charge in [-0.05, 0) is 102 Å². The minimum atomic E-state index is -0.445. The lowest BCUT2D eigenvalue weighted by molar-refractivity contribution is 1.28. The van der Waals surface area contributed by atoms with Crippen LogP contribution in [0.25, 0.3) is 66.1 Å². The Morgan fingerprint density at radius 3 is 1.41 bits per heavy atom. The monoisotopic (exact) mass is 657 g/mol. The summed E-state index contributed by atoms with van der Waals surface area (Å²) in [5, 5.41) is 3.30. The molecule has 51 heavy (non-hydrogen) atoms. The Balaban J connectivity index is 1.27. The minimum absolute atomic E-state index is 0.126. The molecule has 1 heteroatoms. The van der Waals surface area contributed by atoms with Crippen LogP contribution in [-0.4, -0.2) is 0 Å². The molecule has 0 radical (unpaired) electrons. The summed E-state index contributed by atoms with van der Waals surface area (Å²) in [6, 6.07) is 49.1. The quantitative estimate of drug-likeness (QED) is 0.165. The molecule has 0 N–H and O–H groups in total. The van der Waals surface area contributed by atoms with E-state index in [2.05, 4.69) is 24.3 Å². The highest BCUT2D eigenvalue weighted by atomic mass is 15.1. The van der Waals surface area contributed by atoms with E-state index in [9.17, 15) is 8.22 Å². The highest BCUT2D eigenvalue weighted by Gasteiger charge is 2.15. The molecule has 0 spiro atoms. The molecule has 0 amide bonds. The van der Waals surface area contributed by atoms with Crippen LogP contribution in [0.1, 0.15) is 11.0 Å². The van der Waals surface area contributed by atoms with Crippen LogP contribution >= 0.6 is 0 Å². The second-order valence-corrected chi connectivity index (χ2v) is 12.3. The molecule has 0 aliphatic carbocycles. The van der Waals surface area contributed by atoms with E-state index in [1.54, 1.807) is 24.3 Å². The van der Waals surface area contributed by atoms with E-state index in [0.717, 1.165) is 43.8 Å². The molecule has 0 aliphatic rings. The molecular formula is C50H35N. The predicted octanol–water partition coefficient (Wildman–Crippen LogP) is 14.1. The fraction of sp³-hybridized carbons (Fsp3) is 0. The van der Waals surface area contributed by atoms with Gasteiger partial charge in [-0.15, -0.1) is 0 Å². The number of benzene rings is 9. The molecule has 0 heterocycles. The number of nitrogens with zero attached hydrogens (tertiary/aromatic N) is 1. The molecule has 0 bridgehead atoms. The van der Waals surface area contributed by atoms with Gasteiger partial charge in [-0.1, -0.05) is 176 Å². The largest absolute Gasteiger partial charge is 0.310 e. The Bertz CT molecular complexity index is 3030. The van der Waals surface area contributed by atoms with E-state index < -0.39 is 12.1 Å². The van der Waals surface area contributed by atoms with Gasteiger partial charge in [0.1, 0.15) is 0 Å². The van der Waals surface area contributed by atoms with Crippen molar-refractivity contribution in [1.82, 2.24) is 0 Å². The summed E-state index contributed by atoms with van der Waals surface area (Å²) in [4.78, 5) is 1.40. The van der Waals surface area contributed by atoms with Crippen LogP contribution in [0.2, 0.25) is 0 Å². The van der Waals surface area contributed by atoms with Crippen molar-refractivity contribution in [2.24, 2.45) is 0 Å². The molecule has 9 aromatic carbocycles. The van der Waals surface area contributed by atoms with Gasteiger partial charge in [0.15, 0.2) is 0 Å². The Hall–Kier alpha value is -6.70. The van der Waals surface area contributed by atoms with Gasteiger partial charge in [0.25, 0.3) is 0 Å². The molecule has 0 aliphatic heterocycles. The SMILES string of the molecule is [2H]c1c([2H])c(-c2cccc3ccccc23)c([2H])c(N(c2ccc(-c3ccc(-c4ccccc4)cc3)cc2)c2c([2H])c([2H])c(-c3cccc4ccccc34)c([2H])c2[2H])c1[2H]. The Labute approximate surface area is 310 Å². The lowest BCUT2D eigenvalue weighted by atomic mass is 9.97. The predicted molar refractivity (Wildman–Crippen MR) is 218 cm³/mol. The third kappa shape index (κ3) is 5.96. The first-order chi connectivity index (χ1) is 28.6. The molecule has 0 saturated heterocycles. The van der Waals surface area contributed by atoms with Crippen molar-refractivity contribution in [2.75, 3.05) is 4.90 Å². The van der Waals surface area contributed by atoms with E-state index in [4.69, 9.17) is 2.74 Å². The molecule has 9 rings (SSSR count). The number of fused-ring (bicyclic) bond motifs is 2. The number of hydrogen-bond donors (Lipinski definition) is 0. The summed E-state index contributed by atoms with van der Waals surface area (Å²) in [6.07, 6.45) is 0. The van der Waals surface area contributed by atoms with Gasteiger partial charge in [-0.25, -0.2) is 0 Å². The van der Waals surface area contributed by atoms with Gasteiger partial charge in [0.05, 0.1) is 11.0 Å². The van der Waals surface area contributed by atoms with Crippen LogP contribution in [-0.2, 0) is 0 Å². The molecule has 9 aromatic rings. The van der Waals surface area contributed by atoms with E-state index >= 15 is 0 Å². The first-order valence-corrected chi connectivity index (χ1v) is 16.9. The van der Waals surface area contributed by atoms with Gasteiger partial charge < -0.3 is 4.90 Å². The fourth-order valence-corrected chi connectivity index (χ4v) is 6.68. The van der Waals surface area contributed by atoms with Crippen LogP contribution in [0.5, 0.6) is 0 Å². The molecule has 240 valence electrons. The maximum absolute atomic E-state index is 9.77. The Morgan fingerprint density at radius 1 is 0.314 bits per heavy atom. The van der Waals surface area contributed by atoms with Gasteiger partial charge in [-0.2, -0.15) is 0 Å². The second kappa shape index (κ2) is 13.3. The van der Waals surface area contributed by atoms with Gasteiger partial charge >= 0.3 is 0 Å². The lowest BCUT2D eigenvalue weighted by Crippen LogP contribution is -2.10. The number of hydrogen-bond acceptors (Lipinski definition) is 1. The average Bonchev–Trinajstić information content (AvgIpc) is 3.28. The maximum atomic E-state index is 9.77. The normalized spacial score (nSPS) is 13.3. The second-order valence-electron chi connectivity index (χ2n) is 12.3. The zero-order chi connectivity index (χ0) is 40.9. The Kier molecular flexibility index (Phi) is 5.96. The van der Waals surface area contributed by atoms with E-state index in [0.29, 0.717) is 16.8 Å². The van der Waals surface area contributed by atoms with Gasteiger partial charge in [0.2, 0.25) is 0 Å². The van der Waals surface area contributed by atoms with E-state index in [1.165, 1.54) is 4.90 Å². The van der Waals surface area contributed by atoms with Crippen molar-refractivity contribution in [3.8, 4) is 44.5 Å². The minimum Gasteiger partial charge on any atom is -0.310 e. The lowest BCUT2D eigenvalue weighted by Gasteiger charge is -2.26. The molecule has 0 saturated carbocycles. The first-order valence-electron chi connectivity index (χ1n) is 20.9. The summed E-state index contributed by atoms with van der Waals surface area (Å²) in [5.74, 6) is 0. The third-order valence-corrected chi connectivity index (χ3v) is 9.24. The number of rotatable bonds is 7. The van der Waals surface area contributed by atoms with Crippen LogP contribution in [0.4, 0.5) is 17.1 Å². The molecular weight excluding hydrogens is 615 g/mol. The molecule has 0 unspecified atom stereocenters. The van der Waals surface area contributed by atoms with Crippen molar-refractivity contribution in [2.45, 2.75) is 0 Å². The van der Waals surface area contributed by atoms with Crippen LogP contribution in [0, 0.1) is 0 Å². The van der Waals surface area contributed by atoms with Crippen LogP contribution < -0.4 is 4.90 Å². The van der Waals surface area contributed by atoms with Crippen molar-refractivity contribution >= 4 is 38.6 Å². The fourth-order valence-electron chi connectivity index (χ4n) is 6.68. The topological polar surface area (TPSA) is 3.24 Å². The molecule has 0 fully saturated rings. The number of anilines is 3. The zero-order valence-corrected chi connectivity index (χ0v) is 27.5. The van der Waals surface area contributed by atoms with Crippen molar-refractivity contribution in [1.29, 1.82) is 0 Å². The smallest absolute Gasteiger partial charge is 0.0651 e. The maximum Gasteiger partial charge on any atom is 0.0651 e. The molecule has 0 aromatic heterocycles. The van der Waals surface area contributed by atoms with Crippen molar-refractivity contribution < 1.29 is 11.0 Å². The van der Waals surface area contributed by atoms with Crippen molar-refractivity contribution in [3.63, 3.8) is 0 Å². The van der Waals surface area contributed by atoms with Gasteiger partial charge in [0, 0.05) is 17.1 Å². The first kappa shape index (κ1) is 22.8. The summed E-state index contributed by atoms with van der Waals surface area (Å²) >= 11 is 0. The average molecular weight is 658 g/mol. The highest BCUT2D eigenvalue weighted by Crippen LogP contribution is 2.40. The zero-order valence-electron chi connectivity index (χ0n) is 35.5. The standard InChI is InChI=1S/C50H35N/c1-2-11-36(12-3-1)37-23-25-38(26-24-37)39-27-31-44(32-28-39)51(45-33-29-42(30-34-45)49-21-9-15-40-13-4-6-19-47(40)49)46-18-8-17-43(35-46)50-22-10-16-41-14-5-7-20-48(41)50/h1-35H/i8D,17D,18D,29D,30D,33D,34D,35D. The molecule has 1 nitrogen and oxygen atoms in total. The van der Waals surface area contributed by atoms with Crippen molar-refractivity contribution in [3.05, 3.63) is 212 Å². The van der Waals surface area contributed by atoms with E-state index in [-0.39, 0.29) is 58.8 Å². The van der Waals surface area contributed by atoms with Gasteiger partial charge in [-0.3, -0.25) is 0 Å². The summed E-state index contributed by atoms with van der Waals surface area (Å²) < 4.78 is 75.2. The van der Waals surface area contributed by atoms with Crippen LogP contribution in [0.15, 0.2) is 212 Å². The highest BCUT2D eigenvalue weighted by molar-refractivity contribution is 5.98. The summed E-state index contributed by atoms with van der Waals surface area (Å²) in [7, 11) is 0. The summed E-state index contributed by atoms with van der Waals surface area (Å²) in [6.45, 7) is 0.